The summed E-state index contributed by atoms with van der Waals surface area (Å²) in [5.41, 5.74) is 0.389. The molecule has 2 aromatic carbocycles. The van der Waals surface area contributed by atoms with Crippen molar-refractivity contribution in [3.8, 4) is 0 Å². The lowest BCUT2D eigenvalue weighted by Gasteiger charge is -2.19. The third-order valence-electron chi connectivity index (χ3n) is 4.44. The number of esters is 1. The van der Waals surface area contributed by atoms with Crippen LogP contribution in [-0.2, 0) is 26.1 Å². The molecule has 0 saturated heterocycles. The summed E-state index contributed by atoms with van der Waals surface area (Å²) < 4.78 is 36.8. The van der Waals surface area contributed by atoms with E-state index in [4.69, 9.17) is 9.15 Å². The molecule has 0 aliphatic rings. The summed E-state index contributed by atoms with van der Waals surface area (Å²) in [6.07, 6.45) is 1.44. The van der Waals surface area contributed by atoms with Crippen LogP contribution in [0.25, 0.3) is 0 Å². The summed E-state index contributed by atoms with van der Waals surface area (Å²) in [4.78, 5) is 35.7. The number of anilines is 1. The minimum absolute atomic E-state index is 0.0624. The zero-order valence-electron chi connectivity index (χ0n) is 17.6. The molecule has 1 aromatic heterocycles. The van der Waals surface area contributed by atoms with Crippen molar-refractivity contribution in [2.45, 2.75) is 11.4 Å². The Labute approximate surface area is 190 Å². The van der Waals surface area contributed by atoms with E-state index in [1.807, 2.05) is 5.32 Å². The molecule has 11 heteroatoms. The molecule has 3 aromatic rings. The lowest BCUT2D eigenvalue weighted by atomic mass is 10.2. The Morgan fingerprint density at radius 1 is 1.00 bits per heavy atom. The highest BCUT2D eigenvalue weighted by Gasteiger charge is 2.23. The van der Waals surface area contributed by atoms with Gasteiger partial charge in [-0.25, -0.2) is 18.0 Å². The molecule has 3 rings (SSSR count). The van der Waals surface area contributed by atoms with Crippen LogP contribution < -0.4 is 14.9 Å². The third-order valence-corrected chi connectivity index (χ3v) is 6.22. The Morgan fingerprint density at radius 3 is 2.45 bits per heavy atom. The number of urea groups is 1. The Kier molecular flexibility index (Phi) is 7.46. The number of para-hydroxylation sites is 1. The van der Waals surface area contributed by atoms with Gasteiger partial charge in [-0.05, 0) is 42.5 Å². The molecule has 33 heavy (non-hydrogen) atoms. The minimum atomic E-state index is -3.93. The SMILES string of the molecule is CN(c1ccccc1)S(=O)(=O)c1cccc(C(=O)OCC(=O)NC(=O)NCc2ccco2)c1. The van der Waals surface area contributed by atoms with Crippen LogP contribution in [0, 0.1) is 0 Å². The molecule has 0 aliphatic carbocycles. The van der Waals surface area contributed by atoms with Gasteiger partial charge < -0.3 is 14.5 Å². The van der Waals surface area contributed by atoms with Gasteiger partial charge in [0.25, 0.3) is 15.9 Å². The Balaban J connectivity index is 1.56. The second-order valence-electron chi connectivity index (χ2n) is 6.72. The first-order valence-electron chi connectivity index (χ1n) is 9.68. The number of furan rings is 1. The van der Waals surface area contributed by atoms with E-state index in [9.17, 15) is 22.8 Å². The van der Waals surface area contributed by atoms with Crippen molar-refractivity contribution >= 4 is 33.6 Å². The number of carbonyl (C=O) groups excluding carboxylic acids is 3. The number of hydrogen-bond acceptors (Lipinski definition) is 7. The fourth-order valence-corrected chi connectivity index (χ4v) is 3.96. The largest absolute Gasteiger partial charge is 0.467 e. The van der Waals surface area contributed by atoms with E-state index in [2.05, 4.69) is 5.32 Å². The number of imide groups is 1. The normalized spacial score (nSPS) is 10.8. The zero-order chi connectivity index (χ0) is 23.8. The highest BCUT2D eigenvalue weighted by atomic mass is 32.2. The van der Waals surface area contributed by atoms with Crippen LogP contribution in [0.15, 0.2) is 82.3 Å². The monoisotopic (exact) mass is 471 g/mol. The van der Waals surface area contributed by atoms with Crippen molar-refractivity contribution in [1.82, 2.24) is 10.6 Å². The van der Waals surface area contributed by atoms with Gasteiger partial charge in [0.1, 0.15) is 5.76 Å². The third kappa shape index (κ3) is 6.20. The molecule has 2 N–H and O–H groups in total. The molecule has 0 saturated carbocycles. The van der Waals surface area contributed by atoms with Gasteiger partial charge in [0.05, 0.1) is 29.0 Å². The fraction of sp³-hybridized carbons (Fsp3) is 0.136. The molecule has 1 heterocycles. The van der Waals surface area contributed by atoms with Crippen LogP contribution in [0.4, 0.5) is 10.5 Å². The molecule has 0 atom stereocenters. The average molecular weight is 471 g/mol. The topological polar surface area (TPSA) is 135 Å². The first-order chi connectivity index (χ1) is 15.8. The highest BCUT2D eigenvalue weighted by Crippen LogP contribution is 2.22. The predicted molar refractivity (Wildman–Crippen MR) is 118 cm³/mol. The maximum Gasteiger partial charge on any atom is 0.338 e. The number of ether oxygens (including phenoxy) is 1. The zero-order valence-corrected chi connectivity index (χ0v) is 18.4. The fourth-order valence-electron chi connectivity index (χ4n) is 2.72. The number of amides is 3. The summed E-state index contributed by atoms with van der Waals surface area (Å²) in [7, 11) is -2.53. The van der Waals surface area contributed by atoms with Gasteiger partial charge in [-0.1, -0.05) is 24.3 Å². The van der Waals surface area contributed by atoms with Crippen LogP contribution >= 0.6 is 0 Å². The summed E-state index contributed by atoms with van der Waals surface area (Å²) in [5.74, 6) is -1.27. The smallest absolute Gasteiger partial charge is 0.338 e. The molecule has 0 unspecified atom stereocenters. The molecule has 0 radical (unpaired) electrons. The van der Waals surface area contributed by atoms with Crippen LogP contribution in [0.5, 0.6) is 0 Å². The van der Waals surface area contributed by atoms with E-state index in [1.54, 1.807) is 42.5 Å². The summed E-state index contributed by atoms with van der Waals surface area (Å²) in [6, 6.07) is 16.2. The van der Waals surface area contributed by atoms with Gasteiger partial charge >= 0.3 is 12.0 Å². The first-order valence-corrected chi connectivity index (χ1v) is 11.1. The predicted octanol–water partition coefficient (Wildman–Crippen LogP) is 2.29. The molecule has 10 nitrogen and oxygen atoms in total. The van der Waals surface area contributed by atoms with Crippen molar-refractivity contribution in [2.75, 3.05) is 18.0 Å². The molecule has 0 aliphatic heterocycles. The van der Waals surface area contributed by atoms with Gasteiger partial charge in [0, 0.05) is 7.05 Å². The standard InChI is InChI=1S/C22H21N3O7S/c1-25(17-8-3-2-4-9-17)33(29,30)19-11-5-7-16(13-19)21(27)32-15-20(26)24-22(28)23-14-18-10-6-12-31-18/h2-13H,14-15H2,1H3,(H2,23,24,26,28). The van der Waals surface area contributed by atoms with E-state index in [1.165, 1.54) is 31.5 Å². The van der Waals surface area contributed by atoms with E-state index in [0.717, 1.165) is 10.4 Å². The molecule has 0 bridgehead atoms. The van der Waals surface area contributed by atoms with E-state index >= 15 is 0 Å². The van der Waals surface area contributed by atoms with Crippen molar-refractivity contribution in [3.63, 3.8) is 0 Å². The van der Waals surface area contributed by atoms with Crippen molar-refractivity contribution < 1.29 is 32.0 Å². The highest BCUT2D eigenvalue weighted by molar-refractivity contribution is 7.92. The Bertz CT molecular complexity index is 1230. The Morgan fingerprint density at radius 2 is 1.76 bits per heavy atom. The molecule has 3 amide bonds. The van der Waals surface area contributed by atoms with Gasteiger partial charge in [0.2, 0.25) is 0 Å². The number of nitrogens with one attached hydrogen (secondary N) is 2. The molecule has 0 spiro atoms. The number of rotatable bonds is 8. The molecule has 172 valence electrons. The summed E-state index contributed by atoms with van der Waals surface area (Å²) in [5, 5.41) is 4.41. The number of hydrogen-bond donors (Lipinski definition) is 2. The summed E-state index contributed by atoms with van der Waals surface area (Å²) in [6.45, 7) is -0.654. The Hall–Kier alpha value is -4.12. The quantitative estimate of drug-likeness (QED) is 0.481. The molecular formula is C22H21N3O7S. The maximum absolute atomic E-state index is 12.9. The van der Waals surface area contributed by atoms with Crippen LogP contribution in [0.1, 0.15) is 16.1 Å². The van der Waals surface area contributed by atoms with E-state index in [-0.39, 0.29) is 17.0 Å². The van der Waals surface area contributed by atoms with Gasteiger partial charge in [0.15, 0.2) is 6.61 Å². The second kappa shape index (κ2) is 10.5. The van der Waals surface area contributed by atoms with Gasteiger partial charge in [-0.15, -0.1) is 0 Å². The molecule has 0 fully saturated rings. The number of sulfonamides is 1. The van der Waals surface area contributed by atoms with Crippen molar-refractivity contribution in [2.24, 2.45) is 0 Å². The lowest BCUT2D eigenvalue weighted by Crippen LogP contribution is -2.41. The first kappa shape index (κ1) is 23.5. The minimum Gasteiger partial charge on any atom is -0.467 e. The van der Waals surface area contributed by atoms with Crippen LogP contribution in [0.3, 0.4) is 0 Å². The average Bonchev–Trinajstić information content (AvgIpc) is 3.35. The lowest BCUT2D eigenvalue weighted by molar-refractivity contribution is -0.123. The van der Waals surface area contributed by atoms with Gasteiger partial charge in [-0.3, -0.25) is 14.4 Å². The molecular weight excluding hydrogens is 450 g/mol. The van der Waals surface area contributed by atoms with Crippen molar-refractivity contribution in [1.29, 1.82) is 0 Å². The number of benzene rings is 2. The van der Waals surface area contributed by atoms with E-state index < -0.39 is 34.5 Å². The van der Waals surface area contributed by atoms with Crippen LogP contribution in [0.2, 0.25) is 0 Å². The van der Waals surface area contributed by atoms with Gasteiger partial charge in [-0.2, -0.15) is 0 Å². The number of nitrogens with zero attached hydrogens (tertiary/aromatic N) is 1. The maximum atomic E-state index is 12.9. The van der Waals surface area contributed by atoms with E-state index in [0.29, 0.717) is 11.4 Å². The second-order valence-corrected chi connectivity index (χ2v) is 8.69. The number of carbonyl (C=O) groups is 3. The van der Waals surface area contributed by atoms with Crippen LogP contribution in [-0.4, -0.2) is 40.0 Å². The van der Waals surface area contributed by atoms with Crippen molar-refractivity contribution in [3.05, 3.63) is 84.3 Å². The summed E-state index contributed by atoms with van der Waals surface area (Å²) >= 11 is 0.